The van der Waals surface area contributed by atoms with E-state index in [1.807, 2.05) is 0 Å². The van der Waals surface area contributed by atoms with Crippen LogP contribution < -0.4 is 209 Å². The van der Waals surface area contributed by atoms with E-state index in [0.29, 0.717) is 0 Å². The monoisotopic (exact) mass is 218 g/mol. The van der Waals surface area contributed by atoms with E-state index in [1.165, 1.54) is 0 Å². The molecule has 0 aromatic rings. The quantitative estimate of drug-likeness (QED) is 0.379. The molecule has 0 heterocycles. The first-order chi connectivity index (χ1) is 1.73. The summed E-state index contributed by atoms with van der Waals surface area (Å²) in [5.74, 6) is 0. The zero-order valence-corrected chi connectivity index (χ0v) is 19.0. The summed E-state index contributed by atoms with van der Waals surface area (Å²) in [5, 5.41) is 0. The Balaban J connectivity index is -0.000000001000. The predicted octanol–water partition coefficient (Wildman–Crippen LogP) is -20.4. The Bertz CT molecular complexity index is 57.6. The van der Waals surface area contributed by atoms with Gasteiger partial charge in [-0.25, -0.2) is 0 Å². The van der Waals surface area contributed by atoms with Crippen molar-refractivity contribution in [1.29, 1.82) is 0 Å². The Morgan fingerprint density at radius 3 is 1.00 bits per heavy atom. The Kier molecular flexibility index (Phi) is 161. The van der Waals surface area contributed by atoms with Gasteiger partial charge in [-0.2, -0.15) is 0 Å². The molecule has 10 heavy (non-hydrogen) atoms. The number of rotatable bonds is 0. The third-order valence-corrected chi connectivity index (χ3v) is 0. The SMILES string of the molecule is O=[Si]([O-])[O-].[H-].[H-].[H-].[H-].[K+].[K+].[Li+].[Li+].[Na+].[Na+]. The van der Waals surface area contributed by atoms with Gasteiger partial charge in [0, 0.05) is 9.17 Å². The van der Waals surface area contributed by atoms with Gasteiger partial charge in [0.15, 0.2) is 0 Å². The molecule has 10 heteroatoms. The molecule has 0 bridgehead atoms. The van der Waals surface area contributed by atoms with E-state index in [0.717, 1.165) is 0 Å². The molecule has 0 rings (SSSR count). The van der Waals surface area contributed by atoms with Crippen LogP contribution in [0.5, 0.6) is 0 Å². The van der Waals surface area contributed by atoms with Gasteiger partial charge in [-0.05, 0) is 0 Å². The van der Waals surface area contributed by atoms with Crippen LogP contribution in [0.15, 0.2) is 0 Å². The molecule has 32 valence electrons. The first-order valence-electron chi connectivity index (χ1n) is 0.612. The Labute approximate surface area is 222 Å². The molecule has 0 saturated carbocycles. The predicted molar refractivity (Wildman–Crippen MR) is 10.9 cm³/mol. The first kappa shape index (κ1) is 44.3. The molecule has 0 radical (unpaired) electrons. The van der Waals surface area contributed by atoms with Crippen LogP contribution in [0.1, 0.15) is 5.71 Å². The molecule has 0 saturated heterocycles. The standard InChI is InChI=1S/2K.2Li.2Na.O3Si.4H/c;;;;;;1-4(2)3;;;;/q6*+1;-2;4*-1. The van der Waals surface area contributed by atoms with Crippen LogP contribution >= 0.6 is 0 Å². The maximum atomic E-state index is 8.52. The van der Waals surface area contributed by atoms with Gasteiger partial charge in [0.1, 0.15) is 0 Å². The van der Waals surface area contributed by atoms with Gasteiger partial charge in [-0.15, -0.1) is 0 Å². The average molecular weight is 218 g/mol. The fraction of sp³-hybridized carbons (Fsp3) is 0. The minimum atomic E-state index is -3.63. The minimum Gasteiger partial charge on any atom is -1.00 e. The fourth-order valence-corrected chi connectivity index (χ4v) is 0. The zero-order valence-electron chi connectivity index (χ0n) is 11.7. The topological polar surface area (TPSA) is 63.2 Å². The maximum Gasteiger partial charge on any atom is 1.00 e. The number of hydrogen-bond acceptors (Lipinski definition) is 3. The van der Waals surface area contributed by atoms with E-state index in [9.17, 15) is 0 Å². The van der Waals surface area contributed by atoms with E-state index >= 15 is 0 Å². The van der Waals surface area contributed by atoms with Crippen LogP contribution in [0.4, 0.5) is 0 Å². The Hall–Kier alpha value is 6.08. The molecule has 0 amide bonds. The second-order valence-corrected chi connectivity index (χ2v) is 0.750. The first-order valence-corrected chi connectivity index (χ1v) is 1.84. The third-order valence-electron chi connectivity index (χ3n) is 0. The molecule has 0 atom stereocenters. The Morgan fingerprint density at radius 1 is 1.00 bits per heavy atom. The summed E-state index contributed by atoms with van der Waals surface area (Å²) in [7, 11) is -3.63. The summed E-state index contributed by atoms with van der Waals surface area (Å²) in [5.41, 5.74) is 0. The summed E-state index contributed by atoms with van der Waals surface area (Å²) in [6.45, 7) is 0. The molecule has 0 N–H and O–H groups in total. The normalized spacial score (nSPS) is 2.40. The van der Waals surface area contributed by atoms with Gasteiger partial charge < -0.3 is 19.8 Å². The summed E-state index contributed by atoms with van der Waals surface area (Å²) in [6, 6.07) is 0. The summed E-state index contributed by atoms with van der Waals surface area (Å²) >= 11 is 0. The van der Waals surface area contributed by atoms with Gasteiger partial charge in [0.05, 0.1) is 0 Å². The van der Waals surface area contributed by atoms with Gasteiger partial charge in [-0.3, -0.25) is 0 Å². The van der Waals surface area contributed by atoms with Crippen molar-refractivity contribution >= 4 is 9.17 Å². The van der Waals surface area contributed by atoms with Crippen molar-refractivity contribution in [3.8, 4) is 0 Å². The van der Waals surface area contributed by atoms with Crippen molar-refractivity contribution in [2.24, 2.45) is 0 Å². The van der Waals surface area contributed by atoms with E-state index in [2.05, 4.69) is 0 Å². The molecular formula is H4K2Li2Na2O3Si. The zero-order chi connectivity index (χ0) is 3.58. The molecule has 0 spiro atoms. The molecular weight excluding hydrogens is 214 g/mol. The van der Waals surface area contributed by atoms with E-state index in [4.69, 9.17) is 14.1 Å². The molecule has 3 nitrogen and oxygen atoms in total. The van der Waals surface area contributed by atoms with Crippen molar-refractivity contribution in [1.82, 2.24) is 0 Å². The van der Waals surface area contributed by atoms with Crippen LogP contribution in [-0.4, -0.2) is 9.17 Å². The van der Waals surface area contributed by atoms with Crippen LogP contribution in [0.2, 0.25) is 0 Å². The second-order valence-electron chi connectivity index (χ2n) is 0.250. The third kappa shape index (κ3) is 65.1. The van der Waals surface area contributed by atoms with Crippen LogP contribution in [0.3, 0.4) is 0 Å². The summed E-state index contributed by atoms with van der Waals surface area (Å²) < 4.78 is 8.52. The van der Waals surface area contributed by atoms with E-state index in [1.54, 1.807) is 0 Å². The minimum absolute atomic E-state index is 0. The molecule has 0 aromatic heterocycles. The van der Waals surface area contributed by atoms with E-state index in [-0.39, 0.29) is 205 Å². The molecule has 0 fully saturated rings. The summed E-state index contributed by atoms with van der Waals surface area (Å²) in [6.07, 6.45) is 0. The summed E-state index contributed by atoms with van der Waals surface area (Å²) in [4.78, 5) is 17.0. The van der Waals surface area contributed by atoms with Crippen LogP contribution in [-0.2, 0) is 4.46 Å². The van der Waals surface area contributed by atoms with Crippen LogP contribution in [0.25, 0.3) is 0 Å². The van der Waals surface area contributed by atoms with Gasteiger partial charge in [-0.1, -0.05) is 0 Å². The average Bonchev–Trinajstić information content (AvgIpc) is 0.811. The van der Waals surface area contributed by atoms with Crippen molar-refractivity contribution in [2.45, 2.75) is 0 Å². The van der Waals surface area contributed by atoms with Crippen molar-refractivity contribution in [3.05, 3.63) is 0 Å². The smallest absolute Gasteiger partial charge is 1.00 e. The molecule has 0 unspecified atom stereocenters. The number of hydrogen-bond donors (Lipinski definition) is 0. The van der Waals surface area contributed by atoms with Crippen LogP contribution in [0, 0.1) is 0 Å². The van der Waals surface area contributed by atoms with E-state index < -0.39 is 9.17 Å². The maximum absolute atomic E-state index is 8.52. The molecule has 0 aliphatic carbocycles. The van der Waals surface area contributed by atoms with Crippen molar-refractivity contribution < 1.29 is 219 Å². The van der Waals surface area contributed by atoms with Gasteiger partial charge in [0.2, 0.25) is 0 Å². The largest absolute Gasteiger partial charge is 1.00 e. The fourth-order valence-electron chi connectivity index (χ4n) is 0. The Morgan fingerprint density at radius 2 is 1.00 bits per heavy atom. The molecule has 0 aromatic carbocycles. The molecule has 0 aliphatic rings. The van der Waals surface area contributed by atoms with Gasteiger partial charge >= 0.3 is 200 Å². The van der Waals surface area contributed by atoms with Crippen molar-refractivity contribution in [2.75, 3.05) is 0 Å². The molecule has 0 aliphatic heterocycles. The second kappa shape index (κ2) is 36.3. The van der Waals surface area contributed by atoms with Crippen molar-refractivity contribution in [3.63, 3.8) is 0 Å². The van der Waals surface area contributed by atoms with Gasteiger partial charge in [0.25, 0.3) is 0 Å².